The maximum absolute atomic E-state index is 6.25. The number of aromatic nitrogens is 1. The van der Waals surface area contributed by atoms with Crippen molar-refractivity contribution in [1.29, 1.82) is 0 Å². The van der Waals surface area contributed by atoms with Gasteiger partial charge in [-0.25, -0.2) is 4.98 Å². The number of thiazole rings is 1. The SMILES string of the molecule is COc1cc(-c2nc3c(s2)CNCC3)cc(Cl)c1OC. The molecule has 4 nitrogen and oxygen atoms in total. The van der Waals surface area contributed by atoms with Gasteiger partial charge in [0.2, 0.25) is 0 Å². The van der Waals surface area contributed by atoms with E-state index >= 15 is 0 Å². The molecule has 106 valence electrons. The Hall–Kier alpha value is -1.30. The van der Waals surface area contributed by atoms with Crippen molar-refractivity contribution < 1.29 is 9.47 Å². The summed E-state index contributed by atoms with van der Waals surface area (Å²) in [5.41, 5.74) is 2.15. The summed E-state index contributed by atoms with van der Waals surface area (Å²) < 4.78 is 10.6. The number of methoxy groups -OCH3 is 2. The fraction of sp³-hybridized carbons (Fsp3) is 0.357. The summed E-state index contributed by atoms with van der Waals surface area (Å²) in [6, 6.07) is 3.79. The van der Waals surface area contributed by atoms with E-state index in [1.807, 2.05) is 12.1 Å². The summed E-state index contributed by atoms with van der Waals surface area (Å²) in [4.78, 5) is 6.02. The van der Waals surface area contributed by atoms with E-state index in [0.29, 0.717) is 16.5 Å². The lowest BCUT2D eigenvalue weighted by Crippen LogP contribution is -2.22. The lowest BCUT2D eigenvalue weighted by atomic mass is 10.2. The van der Waals surface area contributed by atoms with Crippen molar-refractivity contribution in [3.8, 4) is 22.1 Å². The van der Waals surface area contributed by atoms with Gasteiger partial charge in [0, 0.05) is 30.0 Å². The molecule has 1 aromatic carbocycles. The van der Waals surface area contributed by atoms with Crippen LogP contribution < -0.4 is 14.8 Å². The highest BCUT2D eigenvalue weighted by Crippen LogP contribution is 2.40. The molecule has 2 heterocycles. The first-order chi connectivity index (χ1) is 9.72. The molecule has 0 amide bonds. The van der Waals surface area contributed by atoms with Gasteiger partial charge in [-0.2, -0.15) is 0 Å². The van der Waals surface area contributed by atoms with Crippen molar-refractivity contribution in [3.63, 3.8) is 0 Å². The van der Waals surface area contributed by atoms with E-state index in [1.165, 1.54) is 10.6 Å². The minimum absolute atomic E-state index is 0.535. The molecular formula is C14H15ClN2O2S. The molecule has 3 rings (SSSR count). The molecule has 0 saturated carbocycles. The Morgan fingerprint density at radius 2 is 2.15 bits per heavy atom. The molecule has 0 saturated heterocycles. The average Bonchev–Trinajstić information content (AvgIpc) is 2.90. The minimum atomic E-state index is 0.535. The van der Waals surface area contributed by atoms with Crippen molar-refractivity contribution in [3.05, 3.63) is 27.7 Å². The molecule has 1 aliphatic heterocycles. The first-order valence-corrected chi connectivity index (χ1v) is 7.53. The number of ether oxygens (including phenoxy) is 2. The number of benzene rings is 1. The Morgan fingerprint density at radius 1 is 1.30 bits per heavy atom. The molecule has 0 radical (unpaired) electrons. The summed E-state index contributed by atoms with van der Waals surface area (Å²) >= 11 is 7.95. The summed E-state index contributed by atoms with van der Waals surface area (Å²) in [5.74, 6) is 1.18. The second kappa shape index (κ2) is 5.60. The van der Waals surface area contributed by atoms with E-state index in [2.05, 4.69) is 5.32 Å². The molecule has 1 N–H and O–H groups in total. The maximum atomic E-state index is 6.25. The fourth-order valence-electron chi connectivity index (χ4n) is 2.29. The third-order valence-corrected chi connectivity index (χ3v) is 4.71. The Bertz CT molecular complexity index is 619. The van der Waals surface area contributed by atoms with Gasteiger partial charge < -0.3 is 14.8 Å². The van der Waals surface area contributed by atoms with E-state index in [4.69, 9.17) is 26.1 Å². The molecular weight excluding hydrogens is 296 g/mol. The Kier molecular flexibility index (Phi) is 3.83. The van der Waals surface area contributed by atoms with Gasteiger partial charge in [0.15, 0.2) is 11.5 Å². The van der Waals surface area contributed by atoms with Gasteiger partial charge in [0.1, 0.15) is 5.01 Å². The molecule has 0 fully saturated rings. The van der Waals surface area contributed by atoms with E-state index in [1.54, 1.807) is 25.6 Å². The Labute approximate surface area is 126 Å². The van der Waals surface area contributed by atoms with E-state index in [-0.39, 0.29) is 0 Å². The van der Waals surface area contributed by atoms with Gasteiger partial charge in [-0.1, -0.05) is 11.6 Å². The first-order valence-electron chi connectivity index (χ1n) is 6.34. The minimum Gasteiger partial charge on any atom is -0.493 e. The molecule has 20 heavy (non-hydrogen) atoms. The van der Waals surface area contributed by atoms with Crippen LogP contribution in [0.25, 0.3) is 10.6 Å². The summed E-state index contributed by atoms with van der Waals surface area (Å²) in [7, 11) is 3.19. The van der Waals surface area contributed by atoms with Crippen molar-refractivity contribution >= 4 is 22.9 Å². The van der Waals surface area contributed by atoms with E-state index < -0.39 is 0 Å². The van der Waals surface area contributed by atoms with E-state index in [0.717, 1.165) is 30.1 Å². The van der Waals surface area contributed by atoms with E-state index in [9.17, 15) is 0 Å². The summed E-state index contributed by atoms with van der Waals surface area (Å²) in [6.07, 6.45) is 0.979. The lowest BCUT2D eigenvalue weighted by molar-refractivity contribution is 0.355. The second-order valence-electron chi connectivity index (χ2n) is 4.51. The number of nitrogens with one attached hydrogen (secondary N) is 1. The van der Waals surface area contributed by atoms with Crippen LogP contribution in [0.4, 0.5) is 0 Å². The smallest absolute Gasteiger partial charge is 0.179 e. The molecule has 1 aliphatic rings. The highest BCUT2D eigenvalue weighted by molar-refractivity contribution is 7.15. The molecule has 1 aromatic heterocycles. The van der Waals surface area contributed by atoms with Crippen LogP contribution in [0, 0.1) is 0 Å². The number of fused-ring (bicyclic) bond motifs is 1. The van der Waals surface area contributed by atoms with Crippen LogP contribution in [-0.4, -0.2) is 25.7 Å². The lowest BCUT2D eigenvalue weighted by Gasteiger charge is -2.10. The van der Waals surface area contributed by atoms with Crippen LogP contribution in [-0.2, 0) is 13.0 Å². The highest BCUT2D eigenvalue weighted by atomic mass is 35.5. The number of halogens is 1. The predicted octanol–water partition coefficient (Wildman–Crippen LogP) is 3.13. The van der Waals surface area contributed by atoms with Crippen LogP contribution >= 0.6 is 22.9 Å². The normalized spacial score (nSPS) is 13.9. The largest absolute Gasteiger partial charge is 0.493 e. The van der Waals surface area contributed by atoms with Crippen molar-refractivity contribution in [2.75, 3.05) is 20.8 Å². The number of hydrogen-bond donors (Lipinski definition) is 1. The quantitative estimate of drug-likeness (QED) is 0.946. The monoisotopic (exact) mass is 310 g/mol. The molecule has 0 atom stereocenters. The molecule has 6 heteroatoms. The van der Waals surface area contributed by atoms with Crippen molar-refractivity contribution in [1.82, 2.24) is 10.3 Å². The number of hydrogen-bond acceptors (Lipinski definition) is 5. The predicted molar refractivity (Wildman–Crippen MR) is 81.1 cm³/mol. The van der Waals surface area contributed by atoms with Gasteiger partial charge in [0.25, 0.3) is 0 Å². The third-order valence-electron chi connectivity index (χ3n) is 3.28. The fourth-order valence-corrected chi connectivity index (χ4v) is 3.64. The van der Waals surface area contributed by atoms with Gasteiger partial charge >= 0.3 is 0 Å². The van der Waals surface area contributed by atoms with Crippen LogP contribution in [0.5, 0.6) is 11.5 Å². The van der Waals surface area contributed by atoms with Gasteiger partial charge in [-0.05, 0) is 12.1 Å². The Balaban J connectivity index is 2.05. The summed E-state index contributed by atoms with van der Waals surface area (Å²) in [6.45, 7) is 1.89. The number of rotatable bonds is 3. The van der Waals surface area contributed by atoms with Gasteiger partial charge in [0.05, 0.1) is 24.9 Å². The topological polar surface area (TPSA) is 43.4 Å². The molecule has 0 aliphatic carbocycles. The van der Waals surface area contributed by atoms with Crippen LogP contribution in [0.2, 0.25) is 5.02 Å². The van der Waals surface area contributed by atoms with Gasteiger partial charge in [-0.15, -0.1) is 11.3 Å². The first kappa shape index (κ1) is 13.7. The molecule has 0 spiro atoms. The van der Waals surface area contributed by atoms with Crippen LogP contribution in [0.15, 0.2) is 12.1 Å². The van der Waals surface area contributed by atoms with Crippen LogP contribution in [0.1, 0.15) is 10.6 Å². The zero-order chi connectivity index (χ0) is 14.1. The van der Waals surface area contributed by atoms with Crippen LogP contribution in [0.3, 0.4) is 0 Å². The zero-order valence-electron chi connectivity index (χ0n) is 11.3. The standard InChI is InChI=1S/C14H15ClN2O2S/c1-18-11-6-8(5-9(15)13(11)19-2)14-17-10-3-4-16-7-12(10)20-14/h5-6,16H,3-4,7H2,1-2H3. The Morgan fingerprint density at radius 3 is 2.85 bits per heavy atom. The number of nitrogens with zero attached hydrogens (tertiary/aromatic N) is 1. The molecule has 2 aromatic rings. The summed E-state index contributed by atoms with van der Waals surface area (Å²) in [5, 5.41) is 4.87. The second-order valence-corrected chi connectivity index (χ2v) is 6.00. The molecule has 0 bridgehead atoms. The zero-order valence-corrected chi connectivity index (χ0v) is 12.9. The highest BCUT2D eigenvalue weighted by Gasteiger charge is 2.18. The molecule has 0 unspecified atom stereocenters. The van der Waals surface area contributed by atoms with Crippen molar-refractivity contribution in [2.45, 2.75) is 13.0 Å². The average molecular weight is 311 g/mol. The van der Waals surface area contributed by atoms with Crippen molar-refractivity contribution in [2.24, 2.45) is 0 Å². The third kappa shape index (κ3) is 2.37. The van der Waals surface area contributed by atoms with Gasteiger partial charge in [-0.3, -0.25) is 0 Å². The maximum Gasteiger partial charge on any atom is 0.179 e.